The Morgan fingerprint density at radius 1 is 0.742 bits per heavy atom. The van der Waals surface area contributed by atoms with E-state index in [9.17, 15) is 16.8 Å². The molecule has 0 aromatic heterocycles. The Morgan fingerprint density at radius 2 is 1.39 bits per heavy atom. The maximum Gasteiger partial charge on any atom is 0.243 e. The number of rotatable bonds is 7. The lowest BCUT2D eigenvalue weighted by molar-refractivity contribution is 0.346. The van der Waals surface area contributed by atoms with Crippen LogP contribution in [-0.2, 0) is 26.5 Å². The summed E-state index contributed by atoms with van der Waals surface area (Å²) in [7, 11) is -7.08. The van der Waals surface area contributed by atoms with Crippen LogP contribution in [0.1, 0.15) is 24.8 Å². The summed E-state index contributed by atoms with van der Waals surface area (Å²) in [6.07, 6.45) is 3.33. The van der Waals surface area contributed by atoms with Gasteiger partial charge in [0.05, 0.1) is 9.79 Å². The second-order valence-corrected chi connectivity index (χ2v) is 11.5. The molecule has 1 N–H and O–H groups in total. The third-order valence-corrected chi connectivity index (χ3v) is 8.98. The summed E-state index contributed by atoms with van der Waals surface area (Å²) in [6, 6.07) is 19.4. The van der Waals surface area contributed by atoms with Crippen molar-refractivity contribution in [2.45, 2.75) is 35.5 Å². The number of hydrogen-bond donors (Lipinski definition) is 1. The summed E-state index contributed by atoms with van der Waals surface area (Å²) in [5.41, 5.74) is 0.874. The second kappa shape index (κ2) is 9.08. The minimum absolute atomic E-state index is 0.230. The van der Waals surface area contributed by atoms with Gasteiger partial charge in [-0.3, -0.25) is 0 Å². The Hall–Kier alpha value is -2.26. The van der Waals surface area contributed by atoms with Gasteiger partial charge < -0.3 is 0 Å². The van der Waals surface area contributed by atoms with Crippen LogP contribution in [0.25, 0.3) is 10.8 Å². The standard InChI is InChI=1S/C23H26N2O4S2/c26-30(27,23-13-10-20-6-2-3-7-21(20)18-23)24-15-14-19-8-11-22(12-9-19)31(28,29)25-16-4-1-5-17-25/h2-3,6-13,18,24H,1,4-5,14-17H2. The number of nitrogens with zero attached hydrogens (tertiary/aromatic N) is 1. The van der Waals surface area contributed by atoms with E-state index in [0.717, 1.165) is 35.6 Å². The van der Waals surface area contributed by atoms with Crippen molar-refractivity contribution in [2.75, 3.05) is 19.6 Å². The first-order chi connectivity index (χ1) is 14.9. The van der Waals surface area contributed by atoms with Crippen LogP contribution in [0.2, 0.25) is 0 Å². The molecule has 1 aliphatic heterocycles. The van der Waals surface area contributed by atoms with Crippen molar-refractivity contribution in [2.24, 2.45) is 0 Å². The van der Waals surface area contributed by atoms with Gasteiger partial charge in [-0.15, -0.1) is 0 Å². The SMILES string of the molecule is O=S(=O)(NCCc1ccc(S(=O)(=O)N2CCCCC2)cc1)c1ccc2ccccc2c1. The van der Waals surface area contributed by atoms with Crippen LogP contribution in [-0.4, -0.2) is 40.8 Å². The molecule has 3 aromatic rings. The largest absolute Gasteiger partial charge is 0.243 e. The number of nitrogens with one attached hydrogen (secondary N) is 1. The van der Waals surface area contributed by atoms with Crippen molar-refractivity contribution in [3.63, 3.8) is 0 Å². The Balaban J connectivity index is 1.38. The molecule has 3 aromatic carbocycles. The fourth-order valence-corrected chi connectivity index (χ4v) is 6.41. The second-order valence-electron chi connectivity index (χ2n) is 7.77. The summed E-state index contributed by atoms with van der Waals surface area (Å²) >= 11 is 0. The smallest absolute Gasteiger partial charge is 0.211 e. The van der Waals surface area contributed by atoms with E-state index in [2.05, 4.69) is 4.72 Å². The molecule has 6 nitrogen and oxygen atoms in total. The van der Waals surface area contributed by atoms with Crippen LogP contribution in [0.3, 0.4) is 0 Å². The quantitative estimate of drug-likeness (QED) is 0.587. The van der Waals surface area contributed by atoms with Crippen LogP contribution < -0.4 is 4.72 Å². The molecule has 164 valence electrons. The molecule has 1 heterocycles. The van der Waals surface area contributed by atoms with Crippen LogP contribution in [0.4, 0.5) is 0 Å². The van der Waals surface area contributed by atoms with Crippen molar-refractivity contribution in [1.82, 2.24) is 9.03 Å². The van der Waals surface area contributed by atoms with Gasteiger partial charge in [0.25, 0.3) is 0 Å². The summed E-state index contributed by atoms with van der Waals surface area (Å²) in [5.74, 6) is 0. The van der Waals surface area contributed by atoms with Crippen molar-refractivity contribution in [3.05, 3.63) is 72.3 Å². The topological polar surface area (TPSA) is 83.5 Å². The average molecular weight is 459 g/mol. The molecule has 0 saturated carbocycles. The molecule has 0 unspecified atom stereocenters. The fraction of sp³-hybridized carbons (Fsp3) is 0.304. The molecule has 0 spiro atoms. The lowest BCUT2D eigenvalue weighted by atomic mass is 10.1. The van der Waals surface area contributed by atoms with Crippen molar-refractivity contribution in [3.8, 4) is 0 Å². The Bertz CT molecular complexity index is 1260. The molecule has 4 rings (SSSR count). The molecule has 31 heavy (non-hydrogen) atoms. The van der Waals surface area contributed by atoms with E-state index in [4.69, 9.17) is 0 Å². The van der Waals surface area contributed by atoms with Crippen molar-refractivity contribution < 1.29 is 16.8 Å². The summed E-state index contributed by atoms with van der Waals surface area (Å²) in [4.78, 5) is 0.518. The molecule has 1 aliphatic rings. The Labute approximate surface area is 184 Å². The van der Waals surface area contributed by atoms with Crippen molar-refractivity contribution >= 4 is 30.8 Å². The summed E-state index contributed by atoms with van der Waals surface area (Å²) in [6.45, 7) is 1.37. The lowest BCUT2D eigenvalue weighted by Crippen LogP contribution is -2.35. The van der Waals surface area contributed by atoms with Gasteiger partial charge in [-0.2, -0.15) is 4.31 Å². The predicted molar refractivity (Wildman–Crippen MR) is 122 cm³/mol. The molecule has 1 fully saturated rings. The molecule has 0 amide bonds. The Morgan fingerprint density at radius 3 is 2.10 bits per heavy atom. The van der Waals surface area contributed by atoms with E-state index in [-0.39, 0.29) is 16.3 Å². The van der Waals surface area contributed by atoms with E-state index in [0.29, 0.717) is 19.5 Å². The van der Waals surface area contributed by atoms with Gasteiger partial charge in [0, 0.05) is 19.6 Å². The minimum Gasteiger partial charge on any atom is -0.211 e. The highest BCUT2D eigenvalue weighted by atomic mass is 32.2. The van der Waals surface area contributed by atoms with Gasteiger partial charge in [0.2, 0.25) is 20.0 Å². The minimum atomic E-state index is -3.62. The van der Waals surface area contributed by atoms with Crippen molar-refractivity contribution in [1.29, 1.82) is 0 Å². The molecule has 0 bridgehead atoms. The van der Waals surface area contributed by atoms with Crippen LogP contribution in [0.5, 0.6) is 0 Å². The highest BCUT2D eigenvalue weighted by molar-refractivity contribution is 7.89. The van der Waals surface area contributed by atoms with Gasteiger partial charge in [-0.25, -0.2) is 21.6 Å². The fourth-order valence-electron chi connectivity index (χ4n) is 3.83. The van der Waals surface area contributed by atoms with E-state index >= 15 is 0 Å². The van der Waals surface area contributed by atoms with Gasteiger partial charge in [0.1, 0.15) is 0 Å². The van der Waals surface area contributed by atoms with E-state index in [1.54, 1.807) is 46.8 Å². The molecule has 1 saturated heterocycles. The number of fused-ring (bicyclic) bond motifs is 1. The third kappa shape index (κ3) is 4.98. The van der Waals surface area contributed by atoms with Crippen LogP contribution in [0.15, 0.2) is 76.5 Å². The molecule has 0 aliphatic carbocycles. The number of piperidine rings is 1. The predicted octanol–water partition coefficient (Wildman–Crippen LogP) is 3.54. The first-order valence-electron chi connectivity index (χ1n) is 10.4. The maximum atomic E-state index is 12.7. The first kappa shape index (κ1) is 22.0. The zero-order valence-electron chi connectivity index (χ0n) is 17.2. The normalized spacial score (nSPS) is 15.9. The van der Waals surface area contributed by atoms with Crippen LogP contribution >= 0.6 is 0 Å². The molecule has 0 atom stereocenters. The van der Waals surface area contributed by atoms with Gasteiger partial charge in [-0.1, -0.05) is 48.9 Å². The number of hydrogen-bond acceptors (Lipinski definition) is 4. The van der Waals surface area contributed by atoms with Gasteiger partial charge >= 0.3 is 0 Å². The molecular weight excluding hydrogens is 432 g/mol. The van der Waals surface area contributed by atoms with E-state index in [1.807, 2.05) is 24.3 Å². The Kier molecular flexibility index (Phi) is 6.43. The summed E-state index contributed by atoms with van der Waals surface area (Å²) in [5, 5.41) is 1.86. The first-order valence-corrected chi connectivity index (χ1v) is 13.4. The van der Waals surface area contributed by atoms with Crippen LogP contribution in [0, 0.1) is 0 Å². The number of sulfonamides is 2. The van der Waals surface area contributed by atoms with E-state index < -0.39 is 20.0 Å². The zero-order valence-corrected chi connectivity index (χ0v) is 18.8. The highest BCUT2D eigenvalue weighted by Crippen LogP contribution is 2.21. The van der Waals surface area contributed by atoms with Gasteiger partial charge in [0.15, 0.2) is 0 Å². The maximum absolute atomic E-state index is 12.7. The average Bonchev–Trinajstić information content (AvgIpc) is 2.79. The highest BCUT2D eigenvalue weighted by Gasteiger charge is 2.25. The molecule has 8 heteroatoms. The molecular formula is C23H26N2O4S2. The zero-order chi connectivity index (χ0) is 21.9. The lowest BCUT2D eigenvalue weighted by Gasteiger charge is -2.25. The monoisotopic (exact) mass is 458 g/mol. The summed E-state index contributed by atoms with van der Waals surface area (Å²) < 4.78 is 54.9. The van der Waals surface area contributed by atoms with Gasteiger partial charge in [-0.05, 0) is 59.9 Å². The third-order valence-electron chi connectivity index (χ3n) is 5.61. The van der Waals surface area contributed by atoms with E-state index in [1.165, 1.54) is 0 Å². The molecule has 0 radical (unpaired) electrons. The number of benzene rings is 3.